The van der Waals surface area contributed by atoms with Crippen molar-refractivity contribution in [2.45, 2.75) is 24.0 Å². The van der Waals surface area contributed by atoms with E-state index in [1.165, 1.54) is 36.2 Å². The molecule has 0 aliphatic carbocycles. The van der Waals surface area contributed by atoms with Crippen molar-refractivity contribution in [2.24, 2.45) is 5.10 Å². The summed E-state index contributed by atoms with van der Waals surface area (Å²) in [5.41, 5.74) is 3.83. The molecule has 0 bridgehead atoms. The number of thioether (sulfide) groups is 1. The third-order valence-electron chi connectivity index (χ3n) is 3.27. The average molecular weight is 378 g/mol. The van der Waals surface area contributed by atoms with Gasteiger partial charge in [0, 0.05) is 27.6 Å². The van der Waals surface area contributed by atoms with Gasteiger partial charge in [-0.2, -0.15) is 5.10 Å². The van der Waals surface area contributed by atoms with E-state index in [1.54, 1.807) is 6.92 Å². The lowest BCUT2D eigenvalue weighted by Crippen LogP contribution is -2.26. The van der Waals surface area contributed by atoms with Gasteiger partial charge in [0.05, 0.1) is 16.4 Å². The minimum Gasteiger partial charge on any atom is -0.272 e. The second kappa shape index (κ2) is 8.64. The van der Waals surface area contributed by atoms with Crippen LogP contribution in [0.4, 0.5) is 5.69 Å². The zero-order valence-corrected chi connectivity index (χ0v) is 15.2. The number of nitro groups is 1. The molecule has 0 heterocycles. The van der Waals surface area contributed by atoms with Crippen LogP contribution < -0.4 is 5.43 Å². The smallest absolute Gasteiger partial charge is 0.270 e. The molecule has 1 amide bonds. The summed E-state index contributed by atoms with van der Waals surface area (Å²) < 4.78 is 0. The summed E-state index contributed by atoms with van der Waals surface area (Å²) in [7, 11) is 0. The molecule has 0 fully saturated rings. The van der Waals surface area contributed by atoms with Gasteiger partial charge in [0.15, 0.2) is 0 Å². The lowest BCUT2D eigenvalue weighted by atomic mass is 10.2. The van der Waals surface area contributed by atoms with Crippen molar-refractivity contribution in [3.63, 3.8) is 0 Å². The summed E-state index contributed by atoms with van der Waals surface area (Å²) >= 11 is 7.38. The summed E-state index contributed by atoms with van der Waals surface area (Å²) in [5, 5.41) is 14.6. The summed E-state index contributed by atoms with van der Waals surface area (Å²) in [5.74, 6) is -0.275. The number of nitrogens with one attached hydrogen (secondary N) is 1. The molecule has 130 valence electrons. The van der Waals surface area contributed by atoms with Crippen LogP contribution in [0, 0.1) is 17.0 Å². The number of nitro benzene ring substituents is 1. The molecule has 0 unspecified atom stereocenters. The van der Waals surface area contributed by atoms with Crippen molar-refractivity contribution in [3.8, 4) is 0 Å². The van der Waals surface area contributed by atoms with Gasteiger partial charge in [0.25, 0.3) is 11.6 Å². The monoisotopic (exact) mass is 377 g/mol. The lowest BCUT2D eigenvalue weighted by molar-refractivity contribution is -0.384. The maximum atomic E-state index is 12.1. The van der Waals surface area contributed by atoms with Crippen LogP contribution in [0.3, 0.4) is 0 Å². The Morgan fingerprint density at radius 3 is 2.64 bits per heavy atom. The summed E-state index contributed by atoms with van der Waals surface area (Å²) in [6.07, 6.45) is 1.29. The second-order valence-electron chi connectivity index (χ2n) is 5.27. The largest absolute Gasteiger partial charge is 0.272 e. The first-order chi connectivity index (χ1) is 11.9. The number of hydrogen-bond acceptors (Lipinski definition) is 5. The van der Waals surface area contributed by atoms with Gasteiger partial charge >= 0.3 is 0 Å². The van der Waals surface area contributed by atoms with E-state index in [0.29, 0.717) is 10.6 Å². The van der Waals surface area contributed by atoms with Crippen molar-refractivity contribution in [3.05, 3.63) is 68.7 Å². The van der Waals surface area contributed by atoms with Crippen LogP contribution >= 0.6 is 23.4 Å². The number of rotatable bonds is 6. The molecule has 2 rings (SSSR count). The molecule has 0 spiro atoms. The third-order valence-corrected chi connectivity index (χ3v) is 4.73. The SMILES string of the molecule is Cc1ccc(S[C@H](C)C(=O)N/N=C\c2cc([N+](=O)[O-])ccc2Cl)cc1. The molecule has 1 atom stereocenters. The average Bonchev–Trinajstić information content (AvgIpc) is 2.58. The zero-order valence-electron chi connectivity index (χ0n) is 13.6. The van der Waals surface area contributed by atoms with Crippen molar-refractivity contribution >= 4 is 41.2 Å². The van der Waals surface area contributed by atoms with Crippen LogP contribution in [0.25, 0.3) is 0 Å². The van der Waals surface area contributed by atoms with E-state index in [1.807, 2.05) is 31.2 Å². The van der Waals surface area contributed by atoms with E-state index in [9.17, 15) is 14.9 Å². The molecule has 2 aromatic rings. The number of hydrogen-bond donors (Lipinski definition) is 1. The molecular weight excluding hydrogens is 362 g/mol. The first kappa shape index (κ1) is 19.0. The second-order valence-corrected chi connectivity index (χ2v) is 7.09. The molecule has 2 aromatic carbocycles. The van der Waals surface area contributed by atoms with E-state index < -0.39 is 4.92 Å². The standard InChI is InChI=1S/C17H16ClN3O3S/c1-11-3-6-15(7-4-11)25-12(2)17(22)20-19-10-13-9-14(21(23)24)5-8-16(13)18/h3-10,12H,1-2H3,(H,20,22)/b19-10-/t12-/m1/s1. The highest BCUT2D eigenvalue weighted by atomic mass is 35.5. The quantitative estimate of drug-likeness (QED) is 0.354. The molecular formula is C17H16ClN3O3S. The minimum absolute atomic E-state index is 0.0968. The highest BCUT2D eigenvalue weighted by Gasteiger charge is 2.14. The molecule has 6 nitrogen and oxygen atoms in total. The van der Waals surface area contributed by atoms with Gasteiger partial charge in [-0.25, -0.2) is 5.43 Å². The van der Waals surface area contributed by atoms with Gasteiger partial charge in [-0.3, -0.25) is 14.9 Å². The fourth-order valence-electron chi connectivity index (χ4n) is 1.87. The Hall–Kier alpha value is -2.38. The number of hydrazone groups is 1. The number of amides is 1. The van der Waals surface area contributed by atoms with Crippen LogP contribution in [0.15, 0.2) is 52.5 Å². The maximum Gasteiger partial charge on any atom is 0.270 e. The number of carbonyl (C=O) groups excluding carboxylic acids is 1. The van der Waals surface area contributed by atoms with Crippen molar-refractivity contribution in [2.75, 3.05) is 0 Å². The third kappa shape index (κ3) is 5.58. The molecule has 0 aliphatic heterocycles. The Kier molecular flexibility index (Phi) is 6.55. The summed E-state index contributed by atoms with van der Waals surface area (Å²) in [4.78, 5) is 23.3. The molecule has 25 heavy (non-hydrogen) atoms. The predicted octanol–water partition coefficient (Wildman–Crippen LogP) is 4.19. The van der Waals surface area contributed by atoms with E-state index in [2.05, 4.69) is 10.5 Å². The molecule has 0 saturated heterocycles. The van der Waals surface area contributed by atoms with Crippen molar-refractivity contribution < 1.29 is 9.72 Å². The van der Waals surface area contributed by atoms with E-state index in [-0.39, 0.29) is 16.8 Å². The van der Waals surface area contributed by atoms with Crippen molar-refractivity contribution in [1.82, 2.24) is 5.43 Å². The van der Waals surface area contributed by atoms with Crippen LogP contribution in [0.5, 0.6) is 0 Å². The van der Waals surface area contributed by atoms with Crippen LogP contribution in [-0.2, 0) is 4.79 Å². The van der Waals surface area contributed by atoms with Crippen LogP contribution in [0.1, 0.15) is 18.1 Å². The Morgan fingerprint density at radius 2 is 2.00 bits per heavy atom. The molecule has 0 aliphatic rings. The fraction of sp³-hybridized carbons (Fsp3) is 0.176. The molecule has 1 N–H and O–H groups in total. The van der Waals surface area contributed by atoms with Crippen LogP contribution in [0.2, 0.25) is 5.02 Å². The molecule has 8 heteroatoms. The Labute approximate surface area is 154 Å². The highest BCUT2D eigenvalue weighted by molar-refractivity contribution is 8.00. The molecule has 0 saturated carbocycles. The summed E-state index contributed by atoms with van der Waals surface area (Å²) in [6, 6.07) is 11.9. The Bertz CT molecular complexity index is 809. The fourth-order valence-corrected chi connectivity index (χ4v) is 2.90. The van der Waals surface area contributed by atoms with E-state index in [4.69, 9.17) is 11.6 Å². The van der Waals surface area contributed by atoms with Crippen LogP contribution in [-0.4, -0.2) is 22.3 Å². The number of aryl methyl sites for hydroxylation is 1. The number of carbonyl (C=O) groups is 1. The normalized spacial score (nSPS) is 12.1. The first-order valence-corrected chi connectivity index (χ1v) is 8.63. The number of halogens is 1. The highest BCUT2D eigenvalue weighted by Crippen LogP contribution is 2.23. The van der Waals surface area contributed by atoms with Gasteiger partial charge in [-0.1, -0.05) is 29.3 Å². The van der Waals surface area contributed by atoms with Crippen molar-refractivity contribution in [1.29, 1.82) is 0 Å². The topological polar surface area (TPSA) is 84.6 Å². The van der Waals surface area contributed by atoms with E-state index in [0.717, 1.165) is 10.5 Å². The zero-order chi connectivity index (χ0) is 18.4. The van der Waals surface area contributed by atoms with E-state index >= 15 is 0 Å². The van der Waals surface area contributed by atoms with Gasteiger partial charge in [0.2, 0.25) is 0 Å². The predicted molar refractivity (Wildman–Crippen MR) is 100 cm³/mol. The maximum absolute atomic E-state index is 12.1. The minimum atomic E-state index is -0.521. The molecule has 0 radical (unpaired) electrons. The first-order valence-electron chi connectivity index (χ1n) is 7.37. The van der Waals surface area contributed by atoms with Gasteiger partial charge in [-0.05, 0) is 32.0 Å². The number of nitrogens with zero attached hydrogens (tertiary/aromatic N) is 2. The molecule has 0 aromatic heterocycles. The summed E-state index contributed by atoms with van der Waals surface area (Å²) in [6.45, 7) is 3.77. The number of non-ortho nitro benzene ring substituents is 1. The van der Waals surface area contributed by atoms with Gasteiger partial charge < -0.3 is 0 Å². The lowest BCUT2D eigenvalue weighted by Gasteiger charge is -2.09. The van der Waals surface area contributed by atoms with Gasteiger partial charge in [0.1, 0.15) is 0 Å². The Morgan fingerprint density at radius 1 is 1.32 bits per heavy atom. The van der Waals surface area contributed by atoms with Gasteiger partial charge in [-0.15, -0.1) is 11.8 Å². The number of benzene rings is 2. The Balaban J connectivity index is 1.96.